The minimum absolute atomic E-state index is 0.995. The van der Waals surface area contributed by atoms with E-state index >= 15 is 0 Å². The number of hydrogen-bond donors (Lipinski definition) is 0. The average molecular weight is 393 g/mol. The van der Waals surface area contributed by atoms with Crippen molar-refractivity contribution in [2.24, 2.45) is 0 Å². The number of fused-ring (bicyclic) bond motifs is 10. The molecule has 0 unspecified atom stereocenters. The SMILES string of the molecule is c1ccc(-c2cc3ccccc3c3c4c(c5ccccc5c23)-c2ccccc2C4)cc1. The number of benzene rings is 6. The van der Waals surface area contributed by atoms with Gasteiger partial charge < -0.3 is 0 Å². The summed E-state index contributed by atoms with van der Waals surface area (Å²) in [5.41, 5.74) is 8.33. The summed E-state index contributed by atoms with van der Waals surface area (Å²) in [6.45, 7) is 0. The Labute approximate surface area is 181 Å². The first-order valence-corrected chi connectivity index (χ1v) is 10.9. The molecule has 0 aliphatic heterocycles. The molecule has 0 heterocycles. The predicted octanol–water partition coefficient (Wildman–Crippen LogP) is 8.38. The van der Waals surface area contributed by atoms with Gasteiger partial charge in [0, 0.05) is 0 Å². The first-order valence-electron chi connectivity index (χ1n) is 10.9. The molecule has 0 atom stereocenters. The summed E-state index contributed by atoms with van der Waals surface area (Å²) in [5.74, 6) is 0. The Morgan fingerprint density at radius 1 is 0.484 bits per heavy atom. The zero-order chi connectivity index (χ0) is 20.4. The molecule has 6 aromatic carbocycles. The summed E-state index contributed by atoms with van der Waals surface area (Å²) in [5, 5.41) is 8.17. The van der Waals surface area contributed by atoms with E-state index in [-0.39, 0.29) is 0 Å². The topological polar surface area (TPSA) is 0 Å². The van der Waals surface area contributed by atoms with Crippen molar-refractivity contribution in [1.29, 1.82) is 0 Å². The van der Waals surface area contributed by atoms with Crippen molar-refractivity contribution in [3.05, 3.63) is 120 Å². The van der Waals surface area contributed by atoms with Crippen molar-refractivity contribution in [3.8, 4) is 22.3 Å². The van der Waals surface area contributed by atoms with Crippen molar-refractivity contribution < 1.29 is 0 Å². The maximum Gasteiger partial charge on any atom is -0.000683 e. The molecule has 0 saturated heterocycles. The lowest BCUT2D eigenvalue weighted by Crippen LogP contribution is -1.92. The Morgan fingerprint density at radius 2 is 1.16 bits per heavy atom. The van der Waals surface area contributed by atoms with E-state index in [1.54, 1.807) is 0 Å². The molecule has 0 nitrogen and oxygen atoms in total. The van der Waals surface area contributed by atoms with E-state index in [0.717, 1.165) is 6.42 Å². The van der Waals surface area contributed by atoms with Gasteiger partial charge in [0.05, 0.1) is 0 Å². The fraction of sp³-hybridized carbons (Fsp3) is 0.0323. The molecule has 0 radical (unpaired) electrons. The molecular formula is C31H20. The van der Waals surface area contributed by atoms with E-state index in [9.17, 15) is 0 Å². The van der Waals surface area contributed by atoms with Crippen LogP contribution in [0.25, 0.3) is 54.6 Å². The third-order valence-corrected chi connectivity index (χ3v) is 6.86. The highest BCUT2D eigenvalue weighted by Gasteiger charge is 2.26. The smallest absolute Gasteiger partial charge is 0.000683 e. The first-order chi connectivity index (χ1) is 15.4. The monoisotopic (exact) mass is 392 g/mol. The quantitative estimate of drug-likeness (QED) is 0.246. The van der Waals surface area contributed by atoms with Crippen molar-refractivity contribution in [1.82, 2.24) is 0 Å². The molecule has 0 fully saturated rings. The van der Waals surface area contributed by atoms with Crippen LogP contribution in [-0.2, 0) is 6.42 Å². The molecule has 1 aliphatic rings. The Bertz CT molecular complexity index is 1640. The molecule has 6 aromatic rings. The lowest BCUT2D eigenvalue weighted by Gasteiger charge is -2.18. The third kappa shape index (κ3) is 2.30. The normalized spacial score (nSPS) is 12.4. The Morgan fingerprint density at radius 3 is 2.03 bits per heavy atom. The third-order valence-electron chi connectivity index (χ3n) is 6.86. The van der Waals surface area contributed by atoms with Gasteiger partial charge in [-0.15, -0.1) is 0 Å². The largest absolute Gasteiger partial charge is 0.0622 e. The highest BCUT2D eigenvalue weighted by molar-refractivity contribution is 6.28. The number of hydrogen-bond acceptors (Lipinski definition) is 0. The van der Waals surface area contributed by atoms with Gasteiger partial charge >= 0.3 is 0 Å². The van der Waals surface area contributed by atoms with Crippen LogP contribution in [0.5, 0.6) is 0 Å². The van der Waals surface area contributed by atoms with Gasteiger partial charge in [0.1, 0.15) is 0 Å². The molecule has 31 heavy (non-hydrogen) atoms. The summed E-state index contributed by atoms with van der Waals surface area (Å²) in [6, 6.07) is 40.0. The maximum absolute atomic E-state index is 2.38. The highest BCUT2D eigenvalue weighted by Crippen LogP contribution is 2.49. The molecule has 0 N–H and O–H groups in total. The number of rotatable bonds is 1. The van der Waals surface area contributed by atoms with Gasteiger partial charge in [-0.3, -0.25) is 0 Å². The van der Waals surface area contributed by atoms with Crippen LogP contribution in [0.4, 0.5) is 0 Å². The second-order valence-electron chi connectivity index (χ2n) is 8.49. The second-order valence-corrected chi connectivity index (χ2v) is 8.49. The maximum atomic E-state index is 2.38. The van der Waals surface area contributed by atoms with Crippen LogP contribution >= 0.6 is 0 Å². The standard InChI is InChI=1S/C31H20/c1-2-10-20(11-3-1)27-18-21-12-5-7-15-24(21)30-28-19-22-13-4-6-14-23(22)29(28)25-16-8-9-17-26(25)31(27)30/h1-18H,19H2. The van der Waals surface area contributed by atoms with Gasteiger partial charge in [-0.05, 0) is 78.2 Å². The predicted molar refractivity (Wildman–Crippen MR) is 133 cm³/mol. The molecular weight excluding hydrogens is 372 g/mol. The van der Waals surface area contributed by atoms with Crippen molar-refractivity contribution in [3.63, 3.8) is 0 Å². The van der Waals surface area contributed by atoms with Crippen LogP contribution in [0, 0.1) is 0 Å². The second kappa shape index (κ2) is 6.30. The minimum atomic E-state index is 0.995. The lowest BCUT2D eigenvalue weighted by atomic mass is 9.85. The molecule has 0 bridgehead atoms. The van der Waals surface area contributed by atoms with Crippen LogP contribution < -0.4 is 0 Å². The van der Waals surface area contributed by atoms with Gasteiger partial charge in [-0.1, -0.05) is 103 Å². The highest BCUT2D eigenvalue weighted by atomic mass is 14.3. The van der Waals surface area contributed by atoms with E-state index in [1.165, 1.54) is 65.7 Å². The molecule has 0 saturated carbocycles. The van der Waals surface area contributed by atoms with Gasteiger partial charge in [0.2, 0.25) is 0 Å². The fourth-order valence-electron chi connectivity index (χ4n) is 5.59. The summed E-state index contributed by atoms with van der Waals surface area (Å²) in [6.07, 6.45) is 0.995. The van der Waals surface area contributed by atoms with Gasteiger partial charge in [0.25, 0.3) is 0 Å². The van der Waals surface area contributed by atoms with Gasteiger partial charge in [-0.25, -0.2) is 0 Å². The van der Waals surface area contributed by atoms with Crippen LogP contribution in [0.15, 0.2) is 109 Å². The zero-order valence-electron chi connectivity index (χ0n) is 17.1. The summed E-state index contributed by atoms with van der Waals surface area (Å²) in [7, 11) is 0. The Balaban J connectivity index is 1.79. The van der Waals surface area contributed by atoms with Crippen molar-refractivity contribution >= 4 is 32.3 Å². The van der Waals surface area contributed by atoms with E-state index in [0.29, 0.717) is 0 Å². The van der Waals surface area contributed by atoms with Crippen LogP contribution in [0.2, 0.25) is 0 Å². The van der Waals surface area contributed by atoms with E-state index in [4.69, 9.17) is 0 Å². The molecule has 0 spiro atoms. The van der Waals surface area contributed by atoms with Gasteiger partial charge in [-0.2, -0.15) is 0 Å². The van der Waals surface area contributed by atoms with Gasteiger partial charge in [0.15, 0.2) is 0 Å². The zero-order valence-corrected chi connectivity index (χ0v) is 17.1. The molecule has 7 rings (SSSR count). The molecule has 144 valence electrons. The summed E-state index contributed by atoms with van der Waals surface area (Å²) in [4.78, 5) is 0. The summed E-state index contributed by atoms with van der Waals surface area (Å²) < 4.78 is 0. The lowest BCUT2D eigenvalue weighted by molar-refractivity contribution is 1.29. The van der Waals surface area contributed by atoms with Crippen molar-refractivity contribution in [2.75, 3.05) is 0 Å². The van der Waals surface area contributed by atoms with E-state index < -0.39 is 0 Å². The molecule has 1 aliphatic carbocycles. The van der Waals surface area contributed by atoms with E-state index in [1.807, 2.05) is 0 Å². The van der Waals surface area contributed by atoms with Crippen LogP contribution in [0.3, 0.4) is 0 Å². The average Bonchev–Trinajstić information content (AvgIpc) is 3.23. The van der Waals surface area contributed by atoms with Crippen LogP contribution in [-0.4, -0.2) is 0 Å². The summed E-state index contributed by atoms with van der Waals surface area (Å²) >= 11 is 0. The molecule has 0 heteroatoms. The van der Waals surface area contributed by atoms with E-state index in [2.05, 4.69) is 109 Å². The minimum Gasteiger partial charge on any atom is -0.0622 e. The Kier molecular flexibility index (Phi) is 3.42. The molecule has 0 amide bonds. The van der Waals surface area contributed by atoms with Crippen molar-refractivity contribution in [2.45, 2.75) is 6.42 Å². The Hall–Kier alpha value is -3.90. The fourth-order valence-corrected chi connectivity index (χ4v) is 5.59. The first kappa shape index (κ1) is 16.8. The van der Waals surface area contributed by atoms with Crippen LogP contribution in [0.1, 0.15) is 11.1 Å². The molecule has 0 aromatic heterocycles.